The summed E-state index contributed by atoms with van der Waals surface area (Å²) in [7, 11) is 1.99. The second-order valence-electron chi connectivity index (χ2n) is 5.71. The molecule has 2 atom stereocenters. The first-order valence-electron chi connectivity index (χ1n) is 7.56. The van der Waals surface area contributed by atoms with Gasteiger partial charge in [0, 0.05) is 12.0 Å². The number of hydrogen-bond acceptors (Lipinski definition) is 3. The molecule has 1 aromatic carbocycles. The highest BCUT2D eigenvalue weighted by Gasteiger charge is 2.22. The van der Waals surface area contributed by atoms with E-state index in [4.69, 9.17) is 9.15 Å². The fraction of sp³-hybridized carbons (Fsp3) is 0.529. The van der Waals surface area contributed by atoms with Crippen molar-refractivity contribution in [1.82, 2.24) is 5.32 Å². The van der Waals surface area contributed by atoms with E-state index in [-0.39, 0.29) is 6.04 Å². The van der Waals surface area contributed by atoms with E-state index in [1.165, 1.54) is 23.8 Å². The average Bonchev–Trinajstić information content (AvgIpc) is 2.91. The van der Waals surface area contributed by atoms with Crippen molar-refractivity contribution in [1.29, 1.82) is 0 Å². The molecule has 0 spiro atoms. The first-order valence-corrected chi connectivity index (χ1v) is 7.56. The Morgan fingerprint density at radius 2 is 2.25 bits per heavy atom. The maximum Gasteiger partial charge on any atom is 0.137 e. The molecule has 3 heteroatoms. The van der Waals surface area contributed by atoms with Crippen LogP contribution in [0.1, 0.15) is 43.0 Å². The van der Waals surface area contributed by atoms with Crippen LogP contribution in [-0.4, -0.2) is 19.8 Å². The molecule has 1 saturated heterocycles. The third-order valence-electron chi connectivity index (χ3n) is 4.22. The Kier molecular flexibility index (Phi) is 4.08. The highest BCUT2D eigenvalue weighted by molar-refractivity contribution is 5.80. The minimum absolute atomic E-state index is 0.227. The van der Waals surface area contributed by atoms with Crippen molar-refractivity contribution in [2.45, 2.75) is 44.8 Å². The first-order chi connectivity index (χ1) is 9.78. The van der Waals surface area contributed by atoms with Gasteiger partial charge in [0.25, 0.3) is 0 Å². The molecule has 1 aliphatic heterocycles. The molecule has 1 fully saturated rings. The third-order valence-corrected chi connectivity index (χ3v) is 4.22. The summed E-state index contributed by atoms with van der Waals surface area (Å²) in [6.45, 7) is 2.99. The molecular weight excluding hydrogens is 250 g/mol. The minimum Gasteiger partial charge on any atom is -0.459 e. The Bertz CT molecular complexity index is 569. The number of furan rings is 1. The molecule has 2 unspecified atom stereocenters. The standard InChI is InChI=1S/C17H23NO2/c1-12-6-5-7-13-10-16(20-17(12)13)15(18-2)11-14-8-3-4-9-19-14/h5-7,10,14-15,18H,3-4,8-9,11H2,1-2H3. The van der Waals surface area contributed by atoms with Crippen LogP contribution < -0.4 is 5.32 Å². The van der Waals surface area contributed by atoms with Crippen molar-refractivity contribution >= 4 is 11.0 Å². The van der Waals surface area contributed by atoms with Gasteiger partial charge in [-0.2, -0.15) is 0 Å². The quantitative estimate of drug-likeness (QED) is 0.915. The molecule has 3 nitrogen and oxygen atoms in total. The molecule has 0 amide bonds. The van der Waals surface area contributed by atoms with Crippen molar-refractivity contribution < 1.29 is 9.15 Å². The van der Waals surface area contributed by atoms with Crippen LogP contribution in [0.25, 0.3) is 11.0 Å². The maximum atomic E-state index is 6.08. The van der Waals surface area contributed by atoms with Crippen LogP contribution in [0.2, 0.25) is 0 Å². The number of nitrogens with one attached hydrogen (secondary N) is 1. The maximum absolute atomic E-state index is 6.08. The number of hydrogen-bond donors (Lipinski definition) is 1. The van der Waals surface area contributed by atoms with Gasteiger partial charge in [0.1, 0.15) is 11.3 Å². The number of aryl methyl sites for hydroxylation is 1. The van der Waals surface area contributed by atoms with Gasteiger partial charge in [-0.3, -0.25) is 0 Å². The van der Waals surface area contributed by atoms with E-state index in [1.54, 1.807) is 0 Å². The van der Waals surface area contributed by atoms with Crippen LogP contribution in [0.4, 0.5) is 0 Å². The van der Waals surface area contributed by atoms with E-state index >= 15 is 0 Å². The Hall–Kier alpha value is -1.32. The van der Waals surface area contributed by atoms with Crippen LogP contribution >= 0.6 is 0 Å². The molecule has 3 rings (SSSR count). The highest BCUT2D eigenvalue weighted by Crippen LogP contribution is 2.30. The summed E-state index contributed by atoms with van der Waals surface area (Å²) in [5, 5.41) is 4.56. The SMILES string of the molecule is CNC(CC1CCCCO1)c1cc2cccc(C)c2o1. The lowest BCUT2D eigenvalue weighted by atomic mass is 10.0. The van der Waals surface area contributed by atoms with E-state index in [9.17, 15) is 0 Å². The summed E-state index contributed by atoms with van der Waals surface area (Å²) in [5.74, 6) is 1.02. The predicted molar refractivity (Wildman–Crippen MR) is 81.0 cm³/mol. The molecular formula is C17H23NO2. The molecule has 0 radical (unpaired) electrons. The van der Waals surface area contributed by atoms with E-state index in [0.29, 0.717) is 6.10 Å². The van der Waals surface area contributed by atoms with Gasteiger partial charge in [-0.25, -0.2) is 0 Å². The van der Waals surface area contributed by atoms with Crippen LogP contribution in [0.15, 0.2) is 28.7 Å². The Morgan fingerprint density at radius 3 is 2.95 bits per heavy atom. The second-order valence-corrected chi connectivity index (χ2v) is 5.71. The zero-order valence-electron chi connectivity index (χ0n) is 12.3. The zero-order valence-corrected chi connectivity index (χ0v) is 12.3. The number of ether oxygens (including phenoxy) is 1. The zero-order chi connectivity index (χ0) is 13.9. The van der Waals surface area contributed by atoms with Gasteiger partial charge in [0.15, 0.2) is 0 Å². The largest absolute Gasteiger partial charge is 0.459 e. The molecule has 0 saturated carbocycles. The molecule has 2 aromatic rings. The van der Waals surface area contributed by atoms with Gasteiger partial charge < -0.3 is 14.5 Å². The molecule has 108 valence electrons. The molecule has 1 N–H and O–H groups in total. The van der Waals surface area contributed by atoms with Crippen LogP contribution in [0.5, 0.6) is 0 Å². The van der Waals surface area contributed by atoms with E-state index < -0.39 is 0 Å². The lowest BCUT2D eigenvalue weighted by Gasteiger charge is -2.25. The predicted octanol–water partition coefficient (Wildman–Crippen LogP) is 3.96. The van der Waals surface area contributed by atoms with Gasteiger partial charge in [-0.15, -0.1) is 0 Å². The number of para-hydroxylation sites is 1. The summed E-state index contributed by atoms with van der Waals surface area (Å²) in [5.41, 5.74) is 2.20. The van der Waals surface area contributed by atoms with E-state index in [1.807, 2.05) is 7.05 Å². The summed E-state index contributed by atoms with van der Waals surface area (Å²) < 4.78 is 11.9. The Balaban J connectivity index is 1.81. The number of fused-ring (bicyclic) bond motifs is 1. The minimum atomic E-state index is 0.227. The average molecular weight is 273 g/mol. The van der Waals surface area contributed by atoms with E-state index in [2.05, 4.69) is 36.5 Å². The van der Waals surface area contributed by atoms with Crippen molar-refractivity contribution in [3.63, 3.8) is 0 Å². The fourth-order valence-corrected chi connectivity index (χ4v) is 3.03. The summed E-state index contributed by atoms with van der Waals surface area (Å²) in [6, 6.07) is 8.67. The number of rotatable bonds is 4. The summed E-state index contributed by atoms with van der Waals surface area (Å²) >= 11 is 0. The Morgan fingerprint density at radius 1 is 1.35 bits per heavy atom. The first kappa shape index (κ1) is 13.7. The van der Waals surface area contributed by atoms with Crippen molar-refractivity contribution in [3.8, 4) is 0 Å². The smallest absolute Gasteiger partial charge is 0.137 e. The molecule has 2 heterocycles. The molecule has 1 aliphatic rings. The normalized spacial score (nSPS) is 21.2. The van der Waals surface area contributed by atoms with Gasteiger partial charge >= 0.3 is 0 Å². The van der Waals surface area contributed by atoms with Crippen molar-refractivity contribution in [2.24, 2.45) is 0 Å². The monoisotopic (exact) mass is 273 g/mol. The fourth-order valence-electron chi connectivity index (χ4n) is 3.03. The van der Waals surface area contributed by atoms with Gasteiger partial charge in [0.05, 0.1) is 12.1 Å². The molecule has 1 aromatic heterocycles. The summed E-state index contributed by atoms with van der Waals surface area (Å²) in [4.78, 5) is 0. The topological polar surface area (TPSA) is 34.4 Å². The molecule has 0 bridgehead atoms. The molecule has 0 aliphatic carbocycles. The second kappa shape index (κ2) is 5.98. The third kappa shape index (κ3) is 2.74. The van der Waals surface area contributed by atoms with Crippen molar-refractivity contribution in [2.75, 3.05) is 13.7 Å². The van der Waals surface area contributed by atoms with Gasteiger partial charge in [0.2, 0.25) is 0 Å². The van der Waals surface area contributed by atoms with Crippen LogP contribution in [0, 0.1) is 6.92 Å². The lowest BCUT2D eigenvalue weighted by molar-refractivity contribution is 0.00430. The highest BCUT2D eigenvalue weighted by atomic mass is 16.5. The van der Waals surface area contributed by atoms with Crippen LogP contribution in [-0.2, 0) is 4.74 Å². The number of benzene rings is 1. The molecule has 20 heavy (non-hydrogen) atoms. The van der Waals surface area contributed by atoms with Gasteiger partial charge in [-0.05, 0) is 51.3 Å². The summed E-state index contributed by atoms with van der Waals surface area (Å²) in [6.07, 6.45) is 4.98. The van der Waals surface area contributed by atoms with Crippen molar-refractivity contribution in [3.05, 3.63) is 35.6 Å². The van der Waals surface area contributed by atoms with Crippen LogP contribution in [0.3, 0.4) is 0 Å². The van der Waals surface area contributed by atoms with E-state index in [0.717, 1.165) is 30.8 Å². The Labute approximate surface area is 120 Å². The lowest BCUT2D eigenvalue weighted by Crippen LogP contribution is -2.26. The van der Waals surface area contributed by atoms with Gasteiger partial charge in [-0.1, -0.05) is 18.2 Å².